The van der Waals surface area contributed by atoms with E-state index in [4.69, 9.17) is 9.84 Å². The molecule has 2 aliphatic rings. The number of hydrogen-bond acceptors (Lipinski definition) is 5. The van der Waals surface area contributed by atoms with Crippen molar-refractivity contribution in [1.82, 2.24) is 4.90 Å². The topological polar surface area (TPSA) is 78.9 Å². The summed E-state index contributed by atoms with van der Waals surface area (Å²) in [5, 5.41) is 12.3. The molecule has 0 saturated carbocycles. The molecule has 6 nitrogen and oxygen atoms in total. The van der Waals surface area contributed by atoms with Gasteiger partial charge in [-0.3, -0.25) is 4.79 Å². The number of hydrogen-bond donors (Lipinski definition) is 2. The fourth-order valence-corrected chi connectivity index (χ4v) is 3.46. The molecule has 2 atom stereocenters. The first-order valence-electron chi connectivity index (χ1n) is 6.27. The van der Waals surface area contributed by atoms with Gasteiger partial charge in [-0.05, 0) is 12.1 Å². The summed E-state index contributed by atoms with van der Waals surface area (Å²) in [7, 11) is 0. The van der Waals surface area contributed by atoms with Crippen LogP contribution < -0.4 is 10.1 Å². The highest BCUT2D eigenvalue weighted by atomic mass is 32.2. The molecule has 2 aliphatic heterocycles. The monoisotopic (exact) mass is 294 g/mol. The average Bonchev–Trinajstić information content (AvgIpc) is 2.95. The standard InChI is InChI=1S/C13H14N2O4S/c16-12(15-7-20-6-9(15)13(17)18)11-5-14-8-3-1-2-4-10(8)19-11/h1-4,9,11,14H,5-7H2,(H,17,18)/t9-,11?/m0/s1. The largest absolute Gasteiger partial charge is 0.480 e. The van der Waals surface area contributed by atoms with Crippen molar-refractivity contribution in [2.24, 2.45) is 0 Å². The quantitative estimate of drug-likeness (QED) is 0.842. The number of thioether (sulfide) groups is 1. The zero-order valence-electron chi connectivity index (χ0n) is 10.6. The van der Waals surface area contributed by atoms with Gasteiger partial charge >= 0.3 is 5.97 Å². The van der Waals surface area contributed by atoms with Gasteiger partial charge in [0.2, 0.25) is 0 Å². The molecule has 0 aliphatic carbocycles. The second kappa shape index (κ2) is 5.24. The van der Waals surface area contributed by atoms with E-state index in [0.717, 1.165) is 5.69 Å². The van der Waals surface area contributed by atoms with Gasteiger partial charge in [0, 0.05) is 5.75 Å². The number of rotatable bonds is 2. The average molecular weight is 294 g/mol. The molecule has 1 fully saturated rings. The molecule has 1 amide bonds. The summed E-state index contributed by atoms with van der Waals surface area (Å²) in [6, 6.07) is 6.62. The summed E-state index contributed by atoms with van der Waals surface area (Å²) in [5.74, 6) is 0.211. The summed E-state index contributed by atoms with van der Waals surface area (Å²) in [4.78, 5) is 24.9. The maximum atomic E-state index is 12.4. The first-order chi connectivity index (χ1) is 9.66. The van der Waals surface area contributed by atoms with Gasteiger partial charge in [-0.2, -0.15) is 0 Å². The normalized spacial score (nSPS) is 24.5. The van der Waals surface area contributed by atoms with Gasteiger partial charge < -0.3 is 20.1 Å². The van der Waals surface area contributed by atoms with E-state index in [1.54, 1.807) is 6.07 Å². The number of carbonyl (C=O) groups excluding carboxylic acids is 1. The van der Waals surface area contributed by atoms with Gasteiger partial charge in [0.15, 0.2) is 6.10 Å². The lowest BCUT2D eigenvalue weighted by atomic mass is 10.2. The molecule has 1 aromatic carbocycles. The Hall–Kier alpha value is -1.89. The molecule has 3 rings (SSSR count). The number of amides is 1. The van der Waals surface area contributed by atoms with Crippen molar-refractivity contribution < 1.29 is 19.4 Å². The van der Waals surface area contributed by atoms with Crippen LogP contribution in [0.3, 0.4) is 0 Å². The molecule has 0 radical (unpaired) electrons. The first kappa shape index (κ1) is 13.1. The minimum atomic E-state index is -0.965. The minimum absolute atomic E-state index is 0.274. The first-order valence-corrected chi connectivity index (χ1v) is 7.43. The Morgan fingerprint density at radius 3 is 3.00 bits per heavy atom. The number of nitrogens with one attached hydrogen (secondary N) is 1. The highest BCUT2D eigenvalue weighted by Crippen LogP contribution is 2.30. The van der Waals surface area contributed by atoms with E-state index in [9.17, 15) is 9.59 Å². The van der Waals surface area contributed by atoms with Crippen LogP contribution in [0.15, 0.2) is 24.3 Å². The molecule has 2 N–H and O–H groups in total. The number of benzene rings is 1. The van der Waals surface area contributed by atoms with E-state index < -0.39 is 18.1 Å². The van der Waals surface area contributed by atoms with Crippen molar-refractivity contribution in [1.29, 1.82) is 0 Å². The predicted octanol–water partition coefficient (Wildman–Crippen LogP) is 0.846. The van der Waals surface area contributed by atoms with E-state index in [1.165, 1.54) is 16.7 Å². The highest BCUT2D eigenvalue weighted by molar-refractivity contribution is 7.99. The molecular weight excluding hydrogens is 280 g/mol. The van der Waals surface area contributed by atoms with Crippen LogP contribution in [0.4, 0.5) is 5.69 Å². The van der Waals surface area contributed by atoms with Crippen LogP contribution in [0.5, 0.6) is 5.75 Å². The Morgan fingerprint density at radius 2 is 2.20 bits per heavy atom. The van der Waals surface area contributed by atoms with E-state index in [2.05, 4.69) is 5.32 Å². The molecule has 1 unspecified atom stereocenters. The smallest absolute Gasteiger partial charge is 0.327 e. The van der Waals surface area contributed by atoms with Gasteiger partial charge in [-0.25, -0.2) is 4.79 Å². The number of fused-ring (bicyclic) bond motifs is 1. The Morgan fingerprint density at radius 1 is 1.40 bits per heavy atom. The predicted molar refractivity (Wildman–Crippen MR) is 74.9 cm³/mol. The summed E-state index contributed by atoms with van der Waals surface area (Å²) in [6.45, 7) is 0.351. The highest BCUT2D eigenvalue weighted by Gasteiger charge is 2.39. The zero-order valence-corrected chi connectivity index (χ0v) is 11.4. The van der Waals surface area contributed by atoms with Crippen molar-refractivity contribution in [3.63, 3.8) is 0 Å². The number of aliphatic carboxylic acids is 1. The molecule has 0 aromatic heterocycles. The lowest BCUT2D eigenvalue weighted by molar-refractivity contribution is -0.150. The van der Waals surface area contributed by atoms with Crippen LogP contribution in [0.2, 0.25) is 0 Å². The summed E-state index contributed by atoms with van der Waals surface area (Å²) >= 11 is 1.44. The third-order valence-corrected chi connectivity index (χ3v) is 4.37. The molecule has 0 bridgehead atoms. The lowest BCUT2D eigenvalue weighted by Gasteiger charge is -2.30. The number of carbonyl (C=O) groups is 2. The van der Waals surface area contributed by atoms with E-state index in [-0.39, 0.29) is 5.91 Å². The number of carboxylic acids is 1. The van der Waals surface area contributed by atoms with E-state index >= 15 is 0 Å². The molecule has 7 heteroatoms. The number of ether oxygens (including phenoxy) is 1. The Labute approximate surface area is 120 Å². The van der Waals surface area contributed by atoms with Crippen LogP contribution >= 0.6 is 11.8 Å². The van der Waals surface area contributed by atoms with Crippen molar-refractivity contribution in [3.05, 3.63) is 24.3 Å². The summed E-state index contributed by atoms with van der Waals surface area (Å²) in [5.41, 5.74) is 0.849. The van der Waals surface area contributed by atoms with E-state index in [0.29, 0.717) is 23.9 Å². The minimum Gasteiger partial charge on any atom is -0.480 e. The fraction of sp³-hybridized carbons (Fsp3) is 0.385. The van der Waals surface area contributed by atoms with Crippen molar-refractivity contribution in [3.8, 4) is 5.75 Å². The second-order valence-electron chi connectivity index (χ2n) is 4.65. The maximum absolute atomic E-state index is 12.4. The lowest BCUT2D eigenvalue weighted by Crippen LogP contribution is -2.51. The van der Waals surface area contributed by atoms with Crippen molar-refractivity contribution >= 4 is 29.3 Å². The van der Waals surface area contributed by atoms with Gasteiger partial charge in [-0.15, -0.1) is 11.8 Å². The summed E-state index contributed by atoms with van der Waals surface area (Å²) in [6.07, 6.45) is -0.676. The van der Waals surface area contributed by atoms with Crippen LogP contribution in [-0.2, 0) is 9.59 Å². The second-order valence-corrected chi connectivity index (χ2v) is 5.65. The molecule has 2 heterocycles. The Kier molecular flexibility index (Phi) is 3.43. The van der Waals surface area contributed by atoms with Crippen LogP contribution in [0, 0.1) is 0 Å². The van der Waals surface area contributed by atoms with Gasteiger partial charge in [0.05, 0.1) is 18.1 Å². The van der Waals surface area contributed by atoms with Crippen LogP contribution in [0.25, 0.3) is 0 Å². The van der Waals surface area contributed by atoms with Gasteiger partial charge in [0.25, 0.3) is 5.91 Å². The molecule has 1 saturated heterocycles. The Bertz CT molecular complexity index is 551. The molecule has 106 valence electrons. The molecule has 0 spiro atoms. The SMILES string of the molecule is O=C(O)[C@@H]1CSCN1C(=O)C1CNc2ccccc2O1. The van der Waals surface area contributed by atoms with Gasteiger partial charge in [0.1, 0.15) is 11.8 Å². The maximum Gasteiger partial charge on any atom is 0.327 e. The molecule has 1 aromatic rings. The van der Waals surface area contributed by atoms with Crippen LogP contribution in [-0.4, -0.2) is 52.2 Å². The zero-order chi connectivity index (χ0) is 14.1. The van der Waals surface area contributed by atoms with E-state index in [1.807, 2.05) is 18.2 Å². The van der Waals surface area contributed by atoms with Crippen LogP contribution in [0.1, 0.15) is 0 Å². The molecular formula is C13H14N2O4S. The van der Waals surface area contributed by atoms with Gasteiger partial charge in [-0.1, -0.05) is 12.1 Å². The summed E-state index contributed by atoms with van der Waals surface area (Å²) < 4.78 is 5.68. The van der Waals surface area contributed by atoms with Crippen molar-refractivity contribution in [2.75, 3.05) is 23.5 Å². The molecule has 20 heavy (non-hydrogen) atoms. The number of anilines is 1. The number of carboxylic acid groups (broad SMARTS) is 1. The van der Waals surface area contributed by atoms with Crippen molar-refractivity contribution in [2.45, 2.75) is 12.1 Å². The Balaban J connectivity index is 1.74. The third kappa shape index (κ3) is 2.29. The third-order valence-electron chi connectivity index (χ3n) is 3.36. The number of nitrogens with zero attached hydrogens (tertiary/aromatic N) is 1. The fourth-order valence-electron chi connectivity index (χ4n) is 2.30. The number of para-hydroxylation sites is 2.